The highest BCUT2D eigenvalue weighted by Crippen LogP contribution is 2.31. The van der Waals surface area contributed by atoms with Crippen LogP contribution in [0.1, 0.15) is 0 Å². The maximum absolute atomic E-state index is 12.2. The number of aromatic amines is 1. The van der Waals surface area contributed by atoms with Crippen molar-refractivity contribution in [2.45, 2.75) is 10.1 Å². The molecule has 0 unspecified atom stereocenters. The fourth-order valence-corrected chi connectivity index (χ4v) is 3.70. The van der Waals surface area contributed by atoms with Crippen molar-refractivity contribution in [1.82, 2.24) is 15.2 Å². The number of benzene rings is 2. The van der Waals surface area contributed by atoms with Crippen LogP contribution in [0, 0.1) is 0 Å². The third kappa shape index (κ3) is 5.48. The lowest BCUT2D eigenvalue weighted by Gasteiger charge is -2.06. The van der Waals surface area contributed by atoms with Gasteiger partial charge < -0.3 is 10.1 Å². The van der Waals surface area contributed by atoms with E-state index >= 15 is 0 Å². The first-order valence-corrected chi connectivity index (χ1v) is 11.0. The number of anilines is 1. The summed E-state index contributed by atoms with van der Waals surface area (Å²) in [5, 5.41) is 15.4. The second kappa shape index (κ2) is 8.82. The van der Waals surface area contributed by atoms with E-state index in [2.05, 4.69) is 20.5 Å². The molecule has 1 aromatic heterocycles. The Labute approximate surface area is 176 Å². The number of primary sulfonamides is 1. The molecule has 1 amide bonds. The average Bonchev–Trinajstić information content (AvgIpc) is 3.15. The van der Waals surface area contributed by atoms with Crippen molar-refractivity contribution in [1.29, 1.82) is 0 Å². The van der Waals surface area contributed by atoms with Crippen LogP contribution >= 0.6 is 23.4 Å². The van der Waals surface area contributed by atoms with Crippen LogP contribution < -0.4 is 15.2 Å². The van der Waals surface area contributed by atoms with Crippen molar-refractivity contribution in [3.05, 3.63) is 47.5 Å². The van der Waals surface area contributed by atoms with Gasteiger partial charge in [0.25, 0.3) is 0 Å². The lowest BCUT2D eigenvalue weighted by atomic mass is 10.2. The average molecular weight is 454 g/mol. The van der Waals surface area contributed by atoms with E-state index in [9.17, 15) is 13.2 Å². The fourth-order valence-electron chi connectivity index (χ4n) is 2.37. The molecule has 0 aliphatic carbocycles. The van der Waals surface area contributed by atoms with Crippen molar-refractivity contribution in [3.63, 3.8) is 0 Å². The molecule has 2 aromatic carbocycles. The highest BCUT2D eigenvalue weighted by Gasteiger charge is 2.14. The molecule has 12 heteroatoms. The molecule has 0 fully saturated rings. The predicted molar refractivity (Wildman–Crippen MR) is 111 cm³/mol. The van der Waals surface area contributed by atoms with Gasteiger partial charge in [-0.3, -0.25) is 9.89 Å². The summed E-state index contributed by atoms with van der Waals surface area (Å²) in [5.74, 6) is 0.694. The molecule has 0 aliphatic heterocycles. The number of nitrogens with two attached hydrogens (primary N) is 1. The molecule has 9 nitrogen and oxygen atoms in total. The van der Waals surface area contributed by atoms with Crippen LogP contribution in [0.4, 0.5) is 5.69 Å². The van der Waals surface area contributed by atoms with Crippen LogP contribution in [0.2, 0.25) is 5.02 Å². The summed E-state index contributed by atoms with van der Waals surface area (Å²) in [7, 11) is -2.31. The predicted octanol–water partition coefficient (Wildman–Crippen LogP) is 2.51. The number of sulfonamides is 1. The number of H-pyrrole nitrogens is 1. The fraction of sp³-hybridized carbons (Fsp3) is 0.118. The third-order valence-electron chi connectivity index (χ3n) is 3.66. The van der Waals surface area contributed by atoms with E-state index in [0.717, 1.165) is 11.8 Å². The van der Waals surface area contributed by atoms with E-state index in [1.807, 2.05) is 0 Å². The van der Waals surface area contributed by atoms with Crippen LogP contribution in [0.15, 0.2) is 52.5 Å². The second-order valence-electron chi connectivity index (χ2n) is 5.72. The topological polar surface area (TPSA) is 140 Å². The quantitative estimate of drug-likeness (QED) is 0.467. The minimum absolute atomic E-state index is 0.0174. The number of halogens is 1. The Kier molecular flexibility index (Phi) is 6.42. The number of ether oxygens (including phenoxy) is 1. The summed E-state index contributed by atoms with van der Waals surface area (Å²) in [6.07, 6.45) is 0. The highest BCUT2D eigenvalue weighted by molar-refractivity contribution is 7.99. The van der Waals surface area contributed by atoms with Gasteiger partial charge in [-0.15, -0.1) is 5.10 Å². The van der Waals surface area contributed by atoms with Gasteiger partial charge in [0.15, 0.2) is 5.82 Å². The van der Waals surface area contributed by atoms with Gasteiger partial charge in [0.05, 0.1) is 23.3 Å². The molecule has 0 bridgehead atoms. The molecule has 4 N–H and O–H groups in total. The van der Waals surface area contributed by atoms with Gasteiger partial charge in [-0.05, 0) is 36.4 Å². The largest absolute Gasteiger partial charge is 0.496 e. The van der Waals surface area contributed by atoms with Gasteiger partial charge in [-0.1, -0.05) is 29.4 Å². The number of amides is 1. The van der Waals surface area contributed by atoms with Gasteiger partial charge in [0.2, 0.25) is 21.1 Å². The maximum atomic E-state index is 12.2. The summed E-state index contributed by atoms with van der Waals surface area (Å²) >= 11 is 7.14. The molecular formula is C17H16ClN5O4S2. The van der Waals surface area contributed by atoms with E-state index in [4.69, 9.17) is 21.5 Å². The molecule has 3 aromatic rings. The van der Waals surface area contributed by atoms with E-state index in [-0.39, 0.29) is 16.6 Å². The number of carbonyl (C=O) groups is 1. The molecule has 0 saturated heterocycles. The zero-order valence-electron chi connectivity index (χ0n) is 15.0. The highest BCUT2D eigenvalue weighted by atomic mass is 35.5. The molecule has 3 rings (SSSR count). The summed E-state index contributed by atoms with van der Waals surface area (Å²) in [6.45, 7) is 0. The molecular weight excluding hydrogens is 438 g/mol. The number of thioether (sulfide) groups is 1. The maximum Gasteiger partial charge on any atom is 0.238 e. The standard InChI is InChI=1S/C17H16ClN5O4S2/c1-27-14-6-5-10(18)7-13(14)16-21-17(23-22-16)28-9-15(24)20-11-3-2-4-12(8-11)29(19,25)26/h2-8H,9H2,1H3,(H,20,24)(H2,19,25,26)(H,21,22,23). The Morgan fingerprint density at radius 2 is 2.10 bits per heavy atom. The molecule has 1 heterocycles. The Balaban J connectivity index is 1.64. The van der Waals surface area contributed by atoms with Crippen LogP contribution in [0.5, 0.6) is 5.75 Å². The molecule has 0 spiro atoms. The van der Waals surface area contributed by atoms with E-state index < -0.39 is 10.0 Å². The summed E-state index contributed by atoms with van der Waals surface area (Å²) < 4.78 is 28.1. The molecule has 0 radical (unpaired) electrons. The Morgan fingerprint density at radius 1 is 1.31 bits per heavy atom. The smallest absolute Gasteiger partial charge is 0.238 e. The van der Waals surface area contributed by atoms with E-state index in [1.54, 1.807) is 24.3 Å². The Morgan fingerprint density at radius 3 is 2.83 bits per heavy atom. The van der Waals surface area contributed by atoms with Crippen LogP contribution in [-0.2, 0) is 14.8 Å². The summed E-state index contributed by atoms with van der Waals surface area (Å²) in [4.78, 5) is 16.4. The number of hydrogen-bond acceptors (Lipinski definition) is 7. The van der Waals surface area contributed by atoms with Crippen molar-refractivity contribution >= 4 is 45.0 Å². The number of hydrogen-bond donors (Lipinski definition) is 3. The molecule has 0 saturated carbocycles. The van der Waals surface area contributed by atoms with Gasteiger partial charge >= 0.3 is 0 Å². The van der Waals surface area contributed by atoms with Crippen molar-refractivity contribution in [3.8, 4) is 17.1 Å². The van der Waals surface area contributed by atoms with Gasteiger partial charge in [0.1, 0.15) is 5.75 Å². The summed E-state index contributed by atoms with van der Waals surface area (Å²) in [5.41, 5.74) is 0.963. The Hall–Kier alpha value is -2.60. The molecule has 29 heavy (non-hydrogen) atoms. The van der Waals surface area contributed by atoms with Crippen LogP contribution in [0.3, 0.4) is 0 Å². The number of nitrogens with zero attached hydrogens (tertiary/aromatic N) is 2. The minimum Gasteiger partial charge on any atom is -0.496 e. The molecule has 152 valence electrons. The third-order valence-corrected chi connectivity index (χ3v) is 5.65. The number of methoxy groups -OCH3 is 1. The monoisotopic (exact) mass is 453 g/mol. The van der Waals surface area contributed by atoms with Crippen molar-refractivity contribution in [2.24, 2.45) is 5.14 Å². The number of aromatic nitrogens is 3. The van der Waals surface area contributed by atoms with Crippen molar-refractivity contribution < 1.29 is 17.9 Å². The first-order valence-electron chi connectivity index (χ1n) is 8.08. The zero-order chi connectivity index (χ0) is 21.0. The van der Waals surface area contributed by atoms with Crippen molar-refractivity contribution in [2.75, 3.05) is 18.2 Å². The minimum atomic E-state index is -3.85. The zero-order valence-corrected chi connectivity index (χ0v) is 17.4. The summed E-state index contributed by atoms with van der Waals surface area (Å²) in [6, 6.07) is 10.8. The van der Waals surface area contributed by atoms with Gasteiger partial charge in [-0.2, -0.15) is 0 Å². The number of rotatable bonds is 7. The van der Waals surface area contributed by atoms with Gasteiger partial charge in [0, 0.05) is 10.7 Å². The first kappa shape index (κ1) is 21.1. The first-order chi connectivity index (χ1) is 13.8. The van der Waals surface area contributed by atoms with Crippen LogP contribution in [-0.4, -0.2) is 42.4 Å². The lowest BCUT2D eigenvalue weighted by molar-refractivity contribution is -0.113. The number of carbonyl (C=O) groups excluding carboxylic acids is 1. The van der Waals surface area contributed by atoms with Gasteiger partial charge in [-0.25, -0.2) is 18.5 Å². The number of nitrogens with one attached hydrogen (secondary N) is 2. The Bertz CT molecular complexity index is 1150. The molecule has 0 atom stereocenters. The molecule has 0 aliphatic rings. The van der Waals surface area contributed by atoms with E-state index in [1.165, 1.54) is 25.3 Å². The van der Waals surface area contributed by atoms with Crippen LogP contribution in [0.25, 0.3) is 11.4 Å². The second-order valence-corrected chi connectivity index (χ2v) is 8.66. The normalized spacial score (nSPS) is 11.3. The van der Waals surface area contributed by atoms with E-state index in [0.29, 0.717) is 33.0 Å². The SMILES string of the molecule is COc1ccc(Cl)cc1-c1nc(SCC(=O)Nc2cccc(S(N)(=O)=O)c2)n[nH]1. The lowest BCUT2D eigenvalue weighted by Crippen LogP contribution is -2.16.